The molecule has 1 N–H and O–H groups in total. The third kappa shape index (κ3) is 4.45. The molecule has 7 heteroatoms. The number of hydrogen-bond acceptors (Lipinski definition) is 4. The summed E-state index contributed by atoms with van der Waals surface area (Å²) in [5.74, 6) is 0.170. The van der Waals surface area contributed by atoms with Crippen LogP contribution in [-0.4, -0.2) is 62.3 Å². The van der Waals surface area contributed by atoms with Crippen LogP contribution in [0.2, 0.25) is 0 Å². The number of carbonyl (C=O) groups excluding carboxylic acids is 1. The van der Waals surface area contributed by atoms with Crippen LogP contribution in [0.3, 0.4) is 0 Å². The van der Waals surface area contributed by atoms with Crippen LogP contribution < -0.4 is 5.32 Å². The Kier molecular flexibility index (Phi) is 6.32. The summed E-state index contributed by atoms with van der Waals surface area (Å²) >= 11 is 0. The zero-order valence-corrected chi connectivity index (χ0v) is 16.3. The lowest BCUT2D eigenvalue weighted by atomic mass is 10.1. The highest BCUT2D eigenvalue weighted by atomic mass is 32.2. The number of benzene rings is 1. The van der Waals surface area contributed by atoms with E-state index >= 15 is 0 Å². The Bertz CT molecular complexity index is 712. The SMILES string of the molecule is C[C@@H]1CNCCN1C(=O)CCc1ccc(S(=O)(=O)N2CCCCC2)cc1. The van der Waals surface area contributed by atoms with E-state index in [4.69, 9.17) is 0 Å². The van der Waals surface area contributed by atoms with Gasteiger partial charge in [0.2, 0.25) is 15.9 Å². The first-order valence-corrected chi connectivity index (χ1v) is 11.0. The van der Waals surface area contributed by atoms with Crippen LogP contribution in [0.5, 0.6) is 0 Å². The third-order valence-corrected chi connectivity index (χ3v) is 7.24. The van der Waals surface area contributed by atoms with Gasteiger partial charge in [-0.1, -0.05) is 18.6 Å². The van der Waals surface area contributed by atoms with Crippen LogP contribution in [0.1, 0.15) is 38.2 Å². The van der Waals surface area contributed by atoms with Gasteiger partial charge in [-0.2, -0.15) is 4.31 Å². The van der Waals surface area contributed by atoms with E-state index in [0.29, 0.717) is 30.8 Å². The van der Waals surface area contributed by atoms with Crippen molar-refractivity contribution in [2.45, 2.75) is 50.0 Å². The molecule has 0 unspecified atom stereocenters. The molecule has 0 aromatic heterocycles. The van der Waals surface area contributed by atoms with E-state index in [2.05, 4.69) is 12.2 Å². The van der Waals surface area contributed by atoms with Crippen LogP contribution in [0.4, 0.5) is 0 Å². The van der Waals surface area contributed by atoms with Crippen molar-refractivity contribution in [2.75, 3.05) is 32.7 Å². The molecule has 26 heavy (non-hydrogen) atoms. The fourth-order valence-corrected chi connectivity index (χ4v) is 5.21. The normalized spacial score (nSPS) is 22.3. The first-order chi connectivity index (χ1) is 12.5. The number of sulfonamides is 1. The van der Waals surface area contributed by atoms with Gasteiger partial charge in [-0.3, -0.25) is 4.79 Å². The fraction of sp³-hybridized carbons (Fsp3) is 0.632. The molecule has 0 aliphatic carbocycles. The number of piperidine rings is 1. The molecule has 0 bridgehead atoms. The zero-order chi connectivity index (χ0) is 18.6. The minimum absolute atomic E-state index is 0.170. The summed E-state index contributed by atoms with van der Waals surface area (Å²) in [6, 6.07) is 7.26. The molecule has 0 radical (unpaired) electrons. The number of nitrogens with zero attached hydrogens (tertiary/aromatic N) is 2. The van der Waals surface area contributed by atoms with E-state index < -0.39 is 10.0 Å². The second-order valence-electron chi connectivity index (χ2n) is 7.25. The first kappa shape index (κ1) is 19.3. The first-order valence-electron chi connectivity index (χ1n) is 9.58. The van der Waals surface area contributed by atoms with Crippen molar-refractivity contribution in [3.63, 3.8) is 0 Å². The maximum atomic E-state index is 12.7. The molecule has 6 nitrogen and oxygen atoms in total. The van der Waals surface area contributed by atoms with E-state index in [0.717, 1.165) is 44.5 Å². The van der Waals surface area contributed by atoms with Crippen molar-refractivity contribution >= 4 is 15.9 Å². The van der Waals surface area contributed by atoms with Gasteiger partial charge in [0.15, 0.2) is 0 Å². The summed E-state index contributed by atoms with van der Waals surface area (Å²) in [5, 5.41) is 3.29. The molecular formula is C19H29N3O3S. The van der Waals surface area contributed by atoms with Crippen molar-refractivity contribution in [1.82, 2.24) is 14.5 Å². The van der Waals surface area contributed by atoms with Gasteiger partial charge >= 0.3 is 0 Å². The highest BCUT2D eigenvalue weighted by Gasteiger charge is 2.26. The summed E-state index contributed by atoms with van der Waals surface area (Å²) in [6.45, 7) is 5.73. The quantitative estimate of drug-likeness (QED) is 0.844. The van der Waals surface area contributed by atoms with Crippen molar-refractivity contribution in [3.8, 4) is 0 Å². The molecule has 2 aliphatic heterocycles. The van der Waals surface area contributed by atoms with Crippen LogP contribution in [0, 0.1) is 0 Å². The van der Waals surface area contributed by atoms with Crippen LogP contribution in [0.25, 0.3) is 0 Å². The van der Waals surface area contributed by atoms with Gasteiger partial charge in [0.25, 0.3) is 0 Å². The molecule has 2 aliphatic rings. The molecule has 0 saturated carbocycles. The van der Waals surface area contributed by atoms with E-state index in [9.17, 15) is 13.2 Å². The largest absolute Gasteiger partial charge is 0.337 e. The van der Waals surface area contributed by atoms with Crippen molar-refractivity contribution < 1.29 is 13.2 Å². The number of nitrogens with one attached hydrogen (secondary N) is 1. The summed E-state index contributed by atoms with van der Waals surface area (Å²) < 4.78 is 26.9. The van der Waals surface area contributed by atoms with Gasteiger partial charge in [0, 0.05) is 45.2 Å². The standard InChI is InChI=1S/C19H29N3O3S/c1-16-15-20-11-14-22(16)19(23)10-7-17-5-8-18(9-6-17)26(24,25)21-12-3-2-4-13-21/h5-6,8-9,16,20H,2-4,7,10-15H2,1H3/t16-/m1/s1. The molecule has 2 saturated heterocycles. The molecule has 1 aromatic carbocycles. The van der Waals surface area contributed by atoms with Gasteiger partial charge in [-0.15, -0.1) is 0 Å². The van der Waals surface area contributed by atoms with Gasteiger partial charge in [-0.05, 0) is 43.9 Å². The Morgan fingerprint density at radius 2 is 1.81 bits per heavy atom. The maximum absolute atomic E-state index is 12.7. The van der Waals surface area contributed by atoms with E-state index in [1.807, 2.05) is 17.0 Å². The second-order valence-corrected chi connectivity index (χ2v) is 9.19. The number of amides is 1. The molecule has 2 fully saturated rings. The number of carbonyl (C=O) groups is 1. The molecular weight excluding hydrogens is 350 g/mol. The predicted octanol–water partition coefficient (Wildman–Crippen LogP) is 1.61. The van der Waals surface area contributed by atoms with E-state index in [1.165, 1.54) is 0 Å². The predicted molar refractivity (Wildman–Crippen MR) is 101 cm³/mol. The number of piperazine rings is 1. The molecule has 1 aromatic rings. The lowest BCUT2D eigenvalue weighted by Crippen LogP contribution is -2.52. The van der Waals surface area contributed by atoms with E-state index in [1.54, 1.807) is 16.4 Å². The molecule has 1 atom stereocenters. The topological polar surface area (TPSA) is 69.7 Å². The van der Waals surface area contributed by atoms with E-state index in [-0.39, 0.29) is 11.9 Å². The Balaban J connectivity index is 1.58. The number of hydrogen-bond donors (Lipinski definition) is 1. The maximum Gasteiger partial charge on any atom is 0.243 e. The summed E-state index contributed by atoms with van der Waals surface area (Å²) in [5.41, 5.74) is 0.999. The minimum atomic E-state index is -3.38. The molecule has 0 spiro atoms. The molecule has 2 heterocycles. The third-order valence-electron chi connectivity index (χ3n) is 5.33. The lowest BCUT2D eigenvalue weighted by molar-refractivity contribution is -0.133. The van der Waals surface area contributed by atoms with Crippen LogP contribution in [0.15, 0.2) is 29.2 Å². The number of rotatable bonds is 5. The summed E-state index contributed by atoms with van der Waals surface area (Å²) in [7, 11) is -3.38. The van der Waals surface area contributed by atoms with Gasteiger partial charge < -0.3 is 10.2 Å². The van der Waals surface area contributed by atoms with Crippen LogP contribution in [-0.2, 0) is 21.2 Å². The Morgan fingerprint density at radius 1 is 1.12 bits per heavy atom. The highest BCUT2D eigenvalue weighted by Crippen LogP contribution is 2.21. The lowest BCUT2D eigenvalue weighted by Gasteiger charge is -2.34. The van der Waals surface area contributed by atoms with Crippen molar-refractivity contribution in [2.24, 2.45) is 0 Å². The molecule has 1 amide bonds. The molecule has 3 rings (SSSR count). The van der Waals surface area contributed by atoms with Gasteiger partial charge in [-0.25, -0.2) is 8.42 Å². The Hall–Kier alpha value is -1.44. The monoisotopic (exact) mass is 379 g/mol. The fourth-order valence-electron chi connectivity index (χ4n) is 3.69. The molecule has 144 valence electrons. The average Bonchev–Trinajstić information content (AvgIpc) is 2.67. The zero-order valence-electron chi connectivity index (χ0n) is 15.5. The summed E-state index contributed by atoms with van der Waals surface area (Å²) in [6.07, 6.45) is 4.07. The highest BCUT2D eigenvalue weighted by molar-refractivity contribution is 7.89. The van der Waals surface area contributed by atoms with Crippen molar-refractivity contribution in [1.29, 1.82) is 0 Å². The van der Waals surface area contributed by atoms with Gasteiger partial charge in [0.05, 0.1) is 4.90 Å². The Labute approximate surface area is 156 Å². The number of aryl methyl sites for hydroxylation is 1. The summed E-state index contributed by atoms with van der Waals surface area (Å²) in [4.78, 5) is 14.7. The Morgan fingerprint density at radius 3 is 2.46 bits per heavy atom. The average molecular weight is 380 g/mol. The van der Waals surface area contributed by atoms with Crippen LogP contribution >= 0.6 is 0 Å². The second kappa shape index (κ2) is 8.50. The minimum Gasteiger partial charge on any atom is -0.337 e. The van der Waals surface area contributed by atoms with Crippen molar-refractivity contribution in [3.05, 3.63) is 29.8 Å². The van der Waals surface area contributed by atoms with Gasteiger partial charge in [0.1, 0.15) is 0 Å². The smallest absolute Gasteiger partial charge is 0.243 e.